The van der Waals surface area contributed by atoms with Crippen LogP contribution in [-0.2, 0) is 25.5 Å². The zero-order valence-electron chi connectivity index (χ0n) is 14.4. The molecule has 0 aliphatic rings. The summed E-state index contributed by atoms with van der Waals surface area (Å²) in [6.07, 6.45) is 3.10. The van der Waals surface area contributed by atoms with Gasteiger partial charge in [0.25, 0.3) is 0 Å². The zero-order chi connectivity index (χ0) is 17.8. The van der Waals surface area contributed by atoms with E-state index in [4.69, 9.17) is 9.47 Å². The minimum absolute atomic E-state index is 0.0112. The average molecular weight is 400 g/mol. The fourth-order valence-corrected chi connectivity index (χ4v) is 2.53. The minimum atomic E-state index is -0.378. The van der Waals surface area contributed by atoms with Crippen molar-refractivity contribution >= 4 is 27.8 Å². The molecule has 0 bridgehead atoms. The third-order valence-corrected chi connectivity index (χ3v) is 4.09. The van der Waals surface area contributed by atoms with E-state index >= 15 is 0 Å². The molecular weight excluding hydrogens is 374 g/mol. The first-order chi connectivity index (χ1) is 11.6. The van der Waals surface area contributed by atoms with Crippen LogP contribution < -0.4 is 0 Å². The van der Waals surface area contributed by atoms with Gasteiger partial charge in [-0.3, -0.25) is 9.59 Å². The normalized spacial score (nSPS) is 10.5. The number of aryl methyl sites for hydroxylation is 1. The first-order valence-electron chi connectivity index (χ1n) is 8.23. The van der Waals surface area contributed by atoms with E-state index in [0.29, 0.717) is 26.2 Å². The van der Waals surface area contributed by atoms with Crippen LogP contribution in [0.2, 0.25) is 0 Å². The van der Waals surface area contributed by atoms with Gasteiger partial charge in [0.2, 0.25) is 5.91 Å². The summed E-state index contributed by atoms with van der Waals surface area (Å²) < 4.78 is 11.0. The standard InChI is InChI=1S/C18H26BrNO4/c1-3-24-18(22)14-20(12-13-23-2)17(21)7-5-4-6-15-8-10-16(19)11-9-15/h8-11H,3-7,12-14H2,1-2H3. The number of halogens is 1. The smallest absolute Gasteiger partial charge is 0.325 e. The molecule has 6 heteroatoms. The highest BCUT2D eigenvalue weighted by molar-refractivity contribution is 9.10. The number of esters is 1. The molecular formula is C18H26BrNO4. The summed E-state index contributed by atoms with van der Waals surface area (Å²) in [5, 5.41) is 0. The van der Waals surface area contributed by atoms with E-state index in [1.807, 2.05) is 12.1 Å². The third-order valence-electron chi connectivity index (χ3n) is 3.56. The van der Waals surface area contributed by atoms with Crippen molar-refractivity contribution in [3.8, 4) is 0 Å². The largest absolute Gasteiger partial charge is 0.465 e. The highest BCUT2D eigenvalue weighted by Gasteiger charge is 2.17. The Morgan fingerprint density at radius 3 is 2.50 bits per heavy atom. The van der Waals surface area contributed by atoms with E-state index < -0.39 is 0 Å². The summed E-state index contributed by atoms with van der Waals surface area (Å²) in [6, 6.07) is 8.20. The van der Waals surface area contributed by atoms with Crippen LogP contribution in [0.5, 0.6) is 0 Å². The number of carbonyl (C=O) groups is 2. The van der Waals surface area contributed by atoms with E-state index in [9.17, 15) is 9.59 Å². The Balaban J connectivity index is 2.37. The van der Waals surface area contributed by atoms with Crippen molar-refractivity contribution in [3.05, 3.63) is 34.3 Å². The molecule has 0 aliphatic heterocycles. The second kappa shape index (κ2) is 12.0. The van der Waals surface area contributed by atoms with Crippen LogP contribution in [-0.4, -0.2) is 50.2 Å². The molecule has 0 saturated heterocycles. The molecule has 24 heavy (non-hydrogen) atoms. The lowest BCUT2D eigenvalue weighted by atomic mass is 10.1. The van der Waals surface area contributed by atoms with E-state index in [1.54, 1.807) is 14.0 Å². The van der Waals surface area contributed by atoms with Crippen LogP contribution in [0.4, 0.5) is 0 Å². The molecule has 0 aromatic heterocycles. The Hall–Kier alpha value is -1.40. The SMILES string of the molecule is CCOC(=O)CN(CCOC)C(=O)CCCCc1ccc(Br)cc1. The lowest BCUT2D eigenvalue weighted by Gasteiger charge is -2.21. The Kier molecular flexibility index (Phi) is 10.4. The van der Waals surface area contributed by atoms with E-state index in [-0.39, 0.29) is 18.4 Å². The van der Waals surface area contributed by atoms with Crippen LogP contribution >= 0.6 is 15.9 Å². The van der Waals surface area contributed by atoms with E-state index in [1.165, 1.54) is 10.5 Å². The molecule has 0 atom stereocenters. The van der Waals surface area contributed by atoms with Gasteiger partial charge < -0.3 is 14.4 Å². The van der Waals surface area contributed by atoms with Gasteiger partial charge in [-0.1, -0.05) is 28.1 Å². The predicted molar refractivity (Wildman–Crippen MR) is 96.8 cm³/mol. The molecule has 0 saturated carbocycles. The summed E-state index contributed by atoms with van der Waals surface area (Å²) in [6.45, 7) is 2.87. The molecule has 0 unspecified atom stereocenters. The predicted octanol–water partition coefficient (Wildman–Crippen LogP) is 3.20. The quantitative estimate of drug-likeness (QED) is 0.423. The van der Waals surface area contributed by atoms with E-state index in [0.717, 1.165) is 23.7 Å². The van der Waals surface area contributed by atoms with Gasteiger partial charge in [0.05, 0.1) is 13.2 Å². The second-order valence-corrected chi connectivity index (χ2v) is 6.36. The topological polar surface area (TPSA) is 55.8 Å². The second-order valence-electron chi connectivity index (χ2n) is 5.45. The van der Waals surface area contributed by atoms with Crippen molar-refractivity contribution < 1.29 is 19.1 Å². The van der Waals surface area contributed by atoms with Gasteiger partial charge >= 0.3 is 5.97 Å². The average Bonchev–Trinajstić information content (AvgIpc) is 2.57. The number of hydrogen-bond donors (Lipinski definition) is 0. The van der Waals surface area contributed by atoms with Crippen LogP contribution in [0, 0.1) is 0 Å². The first kappa shape index (κ1) is 20.6. The molecule has 1 aromatic rings. The van der Waals surface area contributed by atoms with Gasteiger partial charge in [-0.2, -0.15) is 0 Å². The van der Waals surface area contributed by atoms with Crippen LogP contribution in [0.3, 0.4) is 0 Å². The molecule has 0 spiro atoms. The Morgan fingerprint density at radius 1 is 1.17 bits per heavy atom. The number of benzene rings is 1. The van der Waals surface area contributed by atoms with Crippen LogP contribution in [0.15, 0.2) is 28.7 Å². The lowest BCUT2D eigenvalue weighted by molar-refractivity contribution is -0.149. The van der Waals surface area contributed by atoms with Crippen molar-refractivity contribution in [2.45, 2.75) is 32.6 Å². The summed E-state index contributed by atoms with van der Waals surface area (Å²) in [5.74, 6) is -0.410. The maximum absolute atomic E-state index is 12.3. The summed E-state index contributed by atoms with van der Waals surface area (Å²) in [7, 11) is 1.57. The number of carbonyl (C=O) groups excluding carboxylic acids is 2. The third kappa shape index (κ3) is 8.45. The van der Waals surface area contributed by atoms with Crippen molar-refractivity contribution in [1.29, 1.82) is 0 Å². The first-order valence-corrected chi connectivity index (χ1v) is 9.03. The zero-order valence-corrected chi connectivity index (χ0v) is 16.0. The van der Waals surface area contributed by atoms with Gasteiger partial charge in [0, 0.05) is 24.5 Å². The van der Waals surface area contributed by atoms with Gasteiger partial charge in [-0.05, 0) is 43.9 Å². The number of methoxy groups -OCH3 is 1. The number of unbranched alkanes of at least 4 members (excludes halogenated alkanes) is 1. The Labute approximate surface area is 152 Å². The number of amides is 1. The van der Waals surface area contributed by atoms with Crippen molar-refractivity contribution in [1.82, 2.24) is 4.90 Å². The van der Waals surface area contributed by atoms with Crippen molar-refractivity contribution in [3.63, 3.8) is 0 Å². The molecule has 0 heterocycles. The maximum Gasteiger partial charge on any atom is 0.325 e. The van der Waals surface area contributed by atoms with Gasteiger partial charge in [0.15, 0.2) is 0 Å². The summed E-state index contributed by atoms with van der Waals surface area (Å²) in [4.78, 5) is 25.4. The molecule has 0 N–H and O–H groups in total. The summed E-state index contributed by atoms with van der Waals surface area (Å²) in [5.41, 5.74) is 1.26. The molecule has 5 nitrogen and oxygen atoms in total. The van der Waals surface area contributed by atoms with Crippen LogP contribution in [0.1, 0.15) is 31.7 Å². The fourth-order valence-electron chi connectivity index (χ4n) is 2.27. The van der Waals surface area contributed by atoms with Gasteiger partial charge in [0.1, 0.15) is 6.54 Å². The van der Waals surface area contributed by atoms with Crippen molar-refractivity contribution in [2.24, 2.45) is 0 Å². The maximum atomic E-state index is 12.3. The molecule has 0 fully saturated rings. The Bertz CT molecular complexity index is 504. The number of hydrogen-bond acceptors (Lipinski definition) is 4. The lowest BCUT2D eigenvalue weighted by Crippen LogP contribution is -2.38. The van der Waals surface area contributed by atoms with Crippen LogP contribution in [0.25, 0.3) is 0 Å². The molecule has 1 rings (SSSR count). The number of nitrogens with zero attached hydrogens (tertiary/aromatic N) is 1. The number of ether oxygens (including phenoxy) is 2. The number of rotatable bonds is 11. The van der Waals surface area contributed by atoms with Gasteiger partial charge in [-0.25, -0.2) is 0 Å². The molecule has 0 aliphatic carbocycles. The molecule has 1 amide bonds. The van der Waals surface area contributed by atoms with Crippen molar-refractivity contribution in [2.75, 3.05) is 33.4 Å². The highest BCUT2D eigenvalue weighted by atomic mass is 79.9. The Morgan fingerprint density at radius 2 is 1.88 bits per heavy atom. The minimum Gasteiger partial charge on any atom is -0.465 e. The highest BCUT2D eigenvalue weighted by Crippen LogP contribution is 2.13. The summed E-state index contributed by atoms with van der Waals surface area (Å²) >= 11 is 3.42. The van der Waals surface area contributed by atoms with E-state index in [2.05, 4.69) is 28.1 Å². The monoisotopic (exact) mass is 399 g/mol. The fraction of sp³-hybridized carbons (Fsp3) is 0.556. The van der Waals surface area contributed by atoms with Gasteiger partial charge in [-0.15, -0.1) is 0 Å². The molecule has 0 radical (unpaired) electrons. The molecule has 134 valence electrons. The molecule has 1 aromatic carbocycles.